The summed E-state index contributed by atoms with van der Waals surface area (Å²) in [5.41, 5.74) is 3.87. The van der Waals surface area contributed by atoms with Gasteiger partial charge in [-0.05, 0) is 48.5 Å². The first-order valence-electron chi connectivity index (χ1n) is 9.22. The summed E-state index contributed by atoms with van der Waals surface area (Å²) in [7, 11) is 1.95. The Hall–Kier alpha value is -4.00. The summed E-state index contributed by atoms with van der Waals surface area (Å²) in [4.78, 5) is 21.8. The average Bonchev–Trinajstić information content (AvgIpc) is 3.31. The maximum atomic E-state index is 4.50. The van der Waals surface area contributed by atoms with Crippen LogP contribution in [0.15, 0.2) is 97.9 Å². The zero-order valence-electron chi connectivity index (χ0n) is 15.5. The van der Waals surface area contributed by atoms with Gasteiger partial charge in [-0.2, -0.15) is 0 Å². The molecule has 4 aromatic rings. The minimum atomic E-state index is 0.813. The number of nitrogens with zero attached hydrogens (tertiary/aromatic N) is 6. The molecular formula is C22H16BN6. The van der Waals surface area contributed by atoms with E-state index in [2.05, 4.69) is 19.9 Å². The van der Waals surface area contributed by atoms with Crippen molar-refractivity contribution in [1.82, 2.24) is 19.9 Å². The second kappa shape index (κ2) is 7.56. The SMILES string of the molecule is [B]1N(c2cc(-c3ccccn3)ccn2)C=CN1c1cc(-c2ccccn2)ccn1. The van der Waals surface area contributed by atoms with Gasteiger partial charge in [0, 0.05) is 48.3 Å². The third kappa shape index (κ3) is 3.58. The van der Waals surface area contributed by atoms with Crippen molar-refractivity contribution in [3.05, 3.63) is 97.9 Å². The Kier molecular flexibility index (Phi) is 4.46. The molecule has 0 N–H and O–H groups in total. The van der Waals surface area contributed by atoms with Crippen LogP contribution in [0.5, 0.6) is 0 Å². The van der Waals surface area contributed by atoms with Crippen LogP contribution in [0.1, 0.15) is 0 Å². The normalized spacial score (nSPS) is 12.8. The molecule has 1 aliphatic rings. The highest BCUT2D eigenvalue weighted by atomic mass is 15.3. The number of anilines is 2. The summed E-state index contributed by atoms with van der Waals surface area (Å²) in [6.45, 7) is 0. The molecule has 0 atom stereocenters. The summed E-state index contributed by atoms with van der Waals surface area (Å²) in [6, 6.07) is 19.7. The third-order valence-corrected chi connectivity index (χ3v) is 4.58. The summed E-state index contributed by atoms with van der Waals surface area (Å²) < 4.78 is 0. The number of pyridine rings is 4. The molecule has 0 aromatic carbocycles. The molecule has 7 heteroatoms. The van der Waals surface area contributed by atoms with Gasteiger partial charge in [-0.25, -0.2) is 9.97 Å². The van der Waals surface area contributed by atoms with E-state index in [-0.39, 0.29) is 0 Å². The van der Waals surface area contributed by atoms with Crippen molar-refractivity contribution in [3.8, 4) is 22.5 Å². The van der Waals surface area contributed by atoms with E-state index in [1.54, 1.807) is 24.8 Å². The fourth-order valence-electron chi connectivity index (χ4n) is 3.13. The van der Waals surface area contributed by atoms with Crippen molar-refractivity contribution in [1.29, 1.82) is 0 Å². The number of rotatable bonds is 4. The molecule has 0 unspecified atom stereocenters. The molecule has 1 radical (unpaired) electrons. The van der Waals surface area contributed by atoms with E-state index in [0.29, 0.717) is 0 Å². The van der Waals surface area contributed by atoms with Crippen LogP contribution in [0.3, 0.4) is 0 Å². The average molecular weight is 375 g/mol. The van der Waals surface area contributed by atoms with Gasteiger partial charge in [0.15, 0.2) is 0 Å². The van der Waals surface area contributed by atoms with Crippen molar-refractivity contribution in [2.24, 2.45) is 0 Å². The number of aromatic nitrogens is 4. The highest BCUT2D eigenvalue weighted by Gasteiger charge is 2.21. The lowest BCUT2D eigenvalue weighted by Crippen LogP contribution is -2.30. The largest absolute Gasteiger partial charge is 0.402 e. The van der Waals surface area contributed by atoms with Gasteiger partial charge in [0.05, 0.1) is 11.4 Å². The first-order valence-corrected chi connectivity index (χ1v) is 9.22. The molecule has 29 heavy (non-hydrogen) atoms. The van der Waals surface area contributed by atoms with Crippen molar-refractivity contribution >= 4 is 19.2 Å². The van der Waals surface area contributed by atoms with Crippen molar-refractivity contribution in [2.45, 2.75) is 0 Å². The van der Waals surface area contributed by atoms with Gasteiger partial charge in [0.25, 0.3) is 0 Å². The lowest BCUT2D eigenvalue weighted by molar-refractivity contribution is 1.22. The van der Waals surface area contributed by atoms with E-state index in [1.165, 1.54) is 0 Å². The van der Waals surface area contributed by atoms with Gasteiger partial charge in [-0.3, -0.25) is 9.97 Å². The maximum Gasteiger partial charge on any atom is 0.402 e. The monoisotopic (exact) mass is 375 g/mol. The Morgan fingerprint density at radius 3 is 1.52 bits per heavy atom. The van der Waals surface area contributed by atoms with Gasteiger partial charge < -0.3 is 9.62 Å². The van der Waals surface area contributed by atoms with Gasteiger partial charge in [0.2, 0.25) is 0 Å². The fraction of sp³-hybridized carbons (Fsp3) is 0. The van der Waals surface area contributed by atoms with Gasteiger partial charge in [-0.1, -0.05) is 12.1 Å². The van der Waals surface area contributed by atoms with Crippen LogP contribution in [-0.4, -0.2) is 27.5 Å². The second-order valence-corrected chi connectivity index (χ2v) is 6.46. The highest BCUT2D eigenvalue weighted by Crippen LogP contribution is 2.26. The molecule has 0 bridgehead atoms. The minimum Gasteiger partial charge on any atom is -0.358 e. The molecule has 0 spiro atoms. The molecular weight excluding hydrogens is 359 g/mol. The molecule has 0 fully saturated rings. The maximum absolute atomic E-state index is 4.50. The van der Waals surface area contributed by atoms with Crippen LogP contribution >= 0.6 is 0 Å². The Morgan fingerprint density at radius 1 is 0.552 bits per heavy atom. The Balaban J connectivity index is 1.37. The van der Waals surface area contributed by atoms with E-state index in [0.717, 1.165) is 34.2 Å². The third-order valence-electron chi connectivity index (χ3n) is 4.58. The molecule has 0 saturated heterocycles. The topological polar surface area (TPSA) is 58.0 Å². The van der Waals surface area contributed by atoms with E-state index in [9.17, 15) is 0 Å². The van der Waals surface area contributed by atoms with Crippen LogP contribution in [0.4, 0.5) is 11.6 Å². The molecule has 1 aliphatic heterocycles. The van der Waals surface area contributed by atoms with E-state index in [4.69, 9.17) is 0 Å². The predicted molar refractivity (Wildman–Crippen MR) is 115 cm³/mol. The highest BCUT2D eigenvalue weighted by molar-refractivity contribution is 6.49. The molecule has 137 valence electrons. The molecule has 5 heterocycles. The van der Waals surface area contributed by atoms with Crippen molar-refractivity contribution < 1.29 is 0 Å². The molecule has 5 rings (SSSR count). The van der Waals surface area contributed by atoms with Crippen LogP contribution in [0, 0.1) is 0 Å². The van der Waals surface area contributed by atoms with E-state index in [1.807, 2.05) is 90.2 Å². The minimum absolute atomic E-state index is 0.813. The van der Waals surface area contributed by atoms with Crippen LogP contribution in [0.2, 0.25) is 0 Å². The number of hydrogen-bond acceptors (Lipinski definition) is 6. The Morgan fingerprint density at radius 2 is 1.07 bits per heavy atom. The zero-order valence-corrected chi connectivity index (χ0v) is 15.5. The van der Waals surface area contributed by atoms with E-state index < -0.39 is 0 Å². The summed E-state index contributed by atoms with van der Waals surface area (Å²) >= 11 is 0. The smallest absolute Gasteiger partial charge is 0.358 e. The standard InChI is InChI=1S/C22H16BN6/c1-3-9-24-19(5-1)17-7-11-26-21(15-17)28-13-14-29(23-28)22-16-18(8-12-27-22)20-6-2-4-10-25-20/h1-16H. The van der Waals surface area contributed by atoms with Crippen LogP contribution in [-0.2, 0) is 0 Å². The summed E-state index contributed by atoms with van der Waals surface area (Å²) in [5, 5.41) is 0. The second-order valence-electron chi connectivity index (χ2n) is 6.46. The Bertz CT molecular complexity index is 1060. The quantitative estimate of drug-likeness (QED) is 0.504. The number of hydrogen-bond donors (Lipinski definition) is 0. The lowest BCUT2D eigenvalue weighted by atomic mass is 10.1. The molecule has 0 saturated carbocycles. The molecule has 4 aromatic heterocycles. The summed E-state index contributed by atoms with van der Waals surface area (Å²) in [5.74, 6) is 1.63. The van der Waals surface area contributed by atoms with Gasteiger partial charge in [-0.15, -0.1) is 0 Å². The predicted octanol–water partition coefficient (Wildman–Crippen LogP) is 3.93. The van der Waals surface area contributed by atoms with Crippen LogP contribution < -0.4 is 9.62 Å². The fourth-order valence-corrected chi connectivity index (χ4v) is 3.13. The van der Waals surface area contributed by atoms with Gasteiger partial charge >= 0.3 is 7.55 Å². The lowest BCUT2D eigenvalue weighted by Gasteiger charge is -2.18. The van der Waals surface area contributed by atoms with Crippen molar-refractivity contribution in [3.63, 3.8) is 0 Å². The molecule has 0 amide bonds. The Labute approximate surface area is 169 Å². The van der Waals surface area contributed by atoms with Gasteiger partial charge in [0.1, 0.15) is 11.6 Å². The van der Waals surface area contributed by atoms with E-state index >= 15 is 0 Å². The molecule has 6 nitrogen and oxygen atoms in total. The van der Waals surface area contributed by atoms with Crippen LogP contribution in [0.25, 0.3) is 22.5 Å². The summed E-state index contributed by atoms with van der Waals surface area (Å²) in [6.07, 6.45) is 11.1. The zero-order chi connectivity index (χ0) is 19.5. The first kappa shape index (κ1) is 17.1. The van der Waals surface area contributed by atoms with Crippen molar-refractivity contribution in [2.75, 3.05) is 9.62 Å². The molecule has 0 aliphatic carbocycles. The first-order chi connectivity index (χ1) is 14.4.